The van der Waals surface area contributed by atoms with Crippen LogP contribution >= 0.6 is 0 Å². The number of nitrogens with zero attached hydrogens (tertiary/aromatic N) is 4. The van der Waals surface area contributed by atoms with Gasteiger partial charge in [-0.05, 0) is 25.0 Å². The molecule has 0 saturated heterocycles. The van der Waals surface area contributed by atoms with Crippen LogP contribution in [0.5, 0.6) is 0 Å². The van der Waals surface area contributed by atoms with E-state index in [0.717, 1.165) is 12.1 Å². The van der Waals surface area contributed by atoms with Gasteiger partial charge in [0.25, 0.3) is 11.6 Å². The summed E-state index contributed by atoms with van der Waals surface area (Å²) in [5.41, 5.74) is 0. The predicted octanol–water partition coefficient (Wildman–Crippen LogP) is 3.81. The first-order chi connectivity index (χ1) is 19.7. The van der Waals surface area contributed by atoms with Crippen molar-refractivity contribution in [3.8, 4) is 0 Å². The molecular weight excluding hydrogens is 576 g/mol. The highest BCUT2D eigenvalue weighted by atomic mass is 32.2. The smallest absolute Gasteiger partial charge is 0.255 e. The van der Waals surface area contributed by atoms with Crippen molar-refractivity contribution >= 4 is 31.0 Å². The van der Waals surface area contributed by atoms with Gasteiger partial charge in [0.2, 0.25) is 0 Å². The Balaban J connectivity index is 0.000000228. The fraction of sp³-hybridized carbons (Fsp3) is 0.467. The maximum atomic E-state index is 11.0. The topological polar surface area (TPSA) is 132 Å². The summed E-state index contributed by atoms with van der Waals surface area (Å²) in [6, 6.07) is 7.09. The summed E-state index contributed by atoms with van der Waals surface area (Å²) in [5.74, 6) is 2.84. The van der Waals surface area contributed by atoms with Crippen molar-refractivity contribution in [3.63, 3.8) is 0 Å². The lowest BCUT2D eigenvalue weighted by Crippen LogP contribution is -2.31. The SMILES string of the molecule is CCCCCc1n(C)cc[n+]1C.CCCCCc1n(C)cc[n+]1C.O=S(=O)([O-])c1cccc2c(S(=O)(=O)[O-])cccc12. The molecule has 0 amide bonds. The number of aryl methyl sites for hydroxylation is 4. The molecule has 12 heteroatoms. The zero-order valence-corrected chi connectivity index (χ0v) is 27.1. The number of hydrogen-bond acceptors (Lipinski definition) is 6. The molecule has 0 fully saturated rings. The molecule has 0 saturated carbocycles. The van der Waals surface area contributed by atoms with Gasteiger partial charge in [0, 0.05) is 23.6 Å². The van der Waals surface area contributed by atoms with Crippen LogP contribution in [0, 0.1) is 0 Å². The molecule has 2 aromatic carbocycles. The van der Waals surface area contributed by atoms with Gasteiger partial charge in [0.05, 0.1) is 38.0 Å². The second-order valence-corrected chi connectivity index (χ2v) is 13.0. The molecule has 0 aliphatic rings. The molecule has 2 heterocycles. The average molecular weight is 621 g/mol. The zero-order chi connectivity index (χ0) is 31.5. The van der Waals surface area contributed by atoms with Gasteiger partial charge in [-0.15, -0.1) is 0 Å². The highest BCUT2D eigenvalue weighted by Crippen LogP contribution is 2.27. The highest BCUT2D eigenvalue weighted by molar-refractivity contribution is 7.86. The number of rotatable bonds is 10. The summed E-state index contributed by atoms with van der Waals surface area (Å²) < 4.78 is 75.0. The summed E-state index contributed by atoms with van der Waals surface area (Å²) in [6.07, 6.45) is 18.7. The number of fused-ring (bicyclic) bond motifs is 1. The van der Waals surface area contributed by atoms with Gasteiger partial charge in [-0.2, -0.15) is 0 Å². The molecule has 0 aliphatic carbocycles. The lowest BCUT2D eigenvalue weighted by Gasteiger charge is -2.14. The Morgan fingerprint density at radius 1 is 0.643 bits per heavy atom. The van der Waals surface area contributed by atoms with E-state index in [1.54, 1.807) is 0 Å². The minimum atomic E-state index is -4.74. The maximum absolute atomic E-state index is 11.0. The molecule has 0 unspecified atom stereocenters. The molecule has 0 atom stereocenters. The lowest BCUT2D eigenvalue weighted by atomic mass is 10.1. The molecule has 10 nitrogen and oxygen atoms in total. The van der Waals surface area contributed by atoms with Gasteiger partial charge in [0.1, 0.15) is 45.0 Å². The van der Waals surface area contributed by atoms with Crippen molar-refractivity contribution in [2.24, 2.45) is 28.2 Å². The molecular formula is C30H44N4O6S2. The van der Waals surface area contributed by atoms with Crippen LogP contribution in [0.25, 0.3) is 10.8 Å². The van der Waals surface area contributed by atoms with Crippen molar-refractivity contribution in [2.75, 3.05) is 0 Å². The minimum absolute atomic E-state index is 0.0792. The van der Waals surface area contributed by atoms with Gasteiger partial charge in [-0.1, -0.05) is 63.8 Å². The Morgan fingerprint density at radius 3 is 1.26 bits per heavy atom. The van der Waals surface area contributed by atoms with E-state index in [0.29, 0.717) is 0 Å². The van der Waals surface area contributed by atoms with Crippen LogP contribution in [-0.2, 0) is 61.3 Å². The van der Waals surface area contributed by atoms with Gasteiger partial charge < -0.3 is 9.11 Å². The van der Waals surface area contributed by atoms with Crippen LogP contribution in [0.15, 0.2) is 71.0 Å². The maximum Gasteiger partial charge on any atom is 0.255 e. The fourth-order valence-corrected chi connectivity index (χ4v) is 6.09. The van der Waals surface area contributed by atoms with Crippen molar-refractivity contribution in [1.82, 2.24) is 9.13 Å². The first-order valence-electron chi connectivity index (χ1n) is 14.2. The molecule has 0 aliphatic heterocycles. The van der Waals surface area contributed by atoms with E-state index >= 15 is 0 Å². The summed E-state index contributed by atoms with van der Waals surface area (Å²) in [6.45, 7) is 4.48. The normalized spacial score (nSPS) is 11.5. The molecule has 0 bridgehead atoms. The monoisotopic (exact) mass is 620 g/mol. The van der Waals surface area contributed by atoms with Crippen molar-refractivity contribution < 1.29 is 35.1 Å². The molecule has 232 valence electrons. The van der Waals surface area contributed by atoms with E-state index in [-0.39, 0.29) is 10.8 Å². The number of unbranched alkanes of at least 4 members (excludes halogenated alkanes) is 4. The number of benzene rings is 2. The van der Waals surface area contributed by atoms with Crippen LogP contribution in [0.4, 0.5) is 0 Å². The third kappa shape index (κ3) is 10.0. The predicted molar refractivity (Wildman–Crippen MR) is 160 cm³/mol. The average Bonchev–Trinajstić information content (AvgIpc) is 3.42. The standard InChI is InChI=1S/2C10H19N2.C10H8O6S2/c2*1-4-5-6-7-10-11(2)8-9-12(10)3;11-17(12,13)9-5-1-3-7-8(9)4-2-6-10(7)18(14,15)16/h2*8-9H,4-7H2,1-3H3;1-6H,(H,11,12,13)(H,14,15,16)/q2*+1;/p-2. The van der Waals surface area contributed by atoms with E-state index in [4.69, 9.17) is 0 Å². The van der Waals surface area contributed by atoms with Crippen LogP contribution in [0.3, 0.4) is 0 Å². The van der Waals surface area contributed by atoms with Crippen molar-refractivity contribution in [3.05, 3.63) is 72.8 Å². The van der Waals surface area contributed by atoms with Crippen molar-refractivity contribution in [2.45, 2.75) is 75.0 Å². The molecule has 2 aromatic heterocycles. The largest absolute Gasteiger partial charge is 0.744 e. The Morgan fingerprint density at radius 2 is 1.00 bits per heavy atom. The fourth-order valence-electron chi connectivity index (χ4n) is 4.70. The molecule has 0 radical (unpaired) electrons. The number of hydrogen-bond donors (Lipinski definition) is 0. The van der Waals surface area contributed by atoms with Gasteiger partial charge in [0.15, 0.2) is 0 Å². The number of aromatic nitrogens is 4. The van der Waals surface area contributed by atoms with Crippen LogP contribution < -0.4 is 9.13 Å². The van der Waals surface area contributed by atoms with Gasteiger partial charge in [-0.3, -0.25) is 0 Å². The zero-order valence-electron chi connectivity index (χ0n) is 25.5. The van der Waals surface area contributed by atoms with Crippen LogP contribution in [-0.4, -0.2) is 35.1 Å². The number of imidazole rings is 2. The Kier molecular flexibility index (Phi) is 13.4. The summed E-state index contributed by atoms with van der Waals surface area (Å²) in [7, 11) is -1.03. The first-order valence-corrected chi connectivity index (χ1v) is 17.0. The van der Waals surface area contributed by atoms with Crippen LogP contribution in [0.2, 0.25) is 0 Å². The summed E-state index contributed by atoms with van der Waals surface area (Å²) in [4.78, 5) is -1.10. The Hall–Kier alpha value is -3.06. The third-order valence-corrected chi connectivity index (χ3v) is 8.83. The quantitative estimate of drug-likeness (QED) is 0.150. The third-order valence-electron chi connectivity index (χ3n) is 7.04. The van der Waals surface area contributed by atoms with E-state index in [1.807, 2.05) is 0 Å². The van der Waals surface area contributed by atoms with Gasteiger partial charge >= 0.3 is 0 Å². The van der Waals surface area contributed by atoms with E-state index < -0.39 is 30.0 Å². The minimum Gasteiger partial charge on any atom is -0.744 e. The summed E-state index contributed by atoms with van der Waals surface area (Å²) in [5, 5.41) is -0.158. The second kappa shape index (κ2) is 16.0. The molecule has 0 N–H and O–H groups in total. The van der Waals surface area contributed by atoms with Crippen molar-refractivity contribution in [1.29, 1.82) is 0 Å². The van der Waals surface area contributed by atoms with Crippen LogP contribution in [0.1, 0.15) is 64.0 Å². The first kappa shape index (κ1) is 35.1. The van der Waals surface area contributed by atoms with E-state index in [2.05, 4.69) is 85.1 Å². The molecule has 42 heavy (non-hydrogen) atoms. The summed E-state index contributed by atoms with van der Waals surface area (Å²) >= 11 is 0. The lowest BCUT2D eigenvalue weighted by molar-refractivity contribution is -0.678. The molecule has 4 rings (SSSR count). The Labute approximate surface area is 250 Å². The van der Waals surface area contributed by atoms with Gasteiger partial charge in [-0.25, -0.2) is 35.1 Å². The molecule has 0 spiro atoms. The van der Waals surface area contributed by atoms with E-state index in [1.165, 1.54) is 87.3 Å². The highest BCUT2D eigenvalue weighted by Gasteiger charge is 2.13. The molecule has 4 aromatic rings. The van der Waals surface area contributed by atoms with E-state index in [9.17, 15) is 25.9 Å². The Bertz CT molecular complexity index is 1500. The second-order valence-electron chi connectivity index (χ2n) is 10.3.